The number of methoxy groups -OCH3 is 2. The first-order valence-electron chi connectivity index (χ1n) is 8.43. The van der Waals surface area contributed by atoms with E-state index in [9.17, 15) is 13.6 Å². The fourth-order valence-electron chi connectivity index (χ4n) is 3.28. The molecular formula is C18H26F2N2O3. The Labute approximate surface area is 147 Å². The number of halogens is 2. The summed E-state index contributed by atoms with van der Waals surface area (Å²) in [5, 5.41) is 2.81. The van der Waals surface area contributed by atoms with Crippen LogP contribution in [0.4, 0.5) is 8.78 Å². The van der Waals surface area contributed by atoms with Gasteiger partial charge in [0.25, 0.3) is 5.91 Å². The van der Waals surface area contributed by atoms with E-state index >= 15 is 0 Å². The molecule has 1 aliphatic heterocycles. The molecule has 0 unspecified atom stereocenters. The lowest BCUT2D eigenvalue weighted by atomic mass is 9.91. The first kappa shape index (κ1) is 19.6. The number of benzene rings is 1. The third-order valence-electron chi connectivity index (χ3n) is 4.73. The minimum Gasteiger partial charge on any atom is -0.494 e. The zero-order valence-corrected chi connectivity index (χ0v) is 15.1. The number of amides is 1. The molecule has 7 heteroatoms. The Morgan fingerprint density at radius 3 is 2.64 bits per heavy atom. The summed E-state index contributed by atoms with van der Waals surface area (Å²) in [5.74, 6) is -2.24. The quantitative estimate of drug-likeness (QED) is 0.815. The molecule has 0 aliphatic carbocycles. The molecule has 1 amide bonds. The van der Waals surface area contributed by atoms with Gasteiger partial charge in [-0.2, -0.15) is 0 Å². The Balaban J connectivity index is 2.16. The van der Waals surface area contributed by atoms with E-state index in [1.165, 1.54) is 13.2 Å². The van der Waals surface area contributed by atoms with Crippen LogP contribution in [0.5, 0.6) is 5.75 Å². The SMILES string of the molecule is COCCN1C[C@H](NC(=O)c2c(F)ccc(OC)c2F)[C@@H](C(C)C)C1. The predicted octanol–water partition coefficient (Wildman–Crippen LogP) is 2.31. The number of likely N-dealkylation sites (tertiary alicyclic amines) is 1. The lowest BCUT2D eigenvalue weighted by Crippen LogP contribution is -2.42. The summed E-state index contributed by atoms with van der Waals surface area (Å²) >= 11 is 0. The van der Waals surface area contributed by atoms with Crippen LogP contribution in [-0.2, 0) is 4.74 Å². The minimum atomic E-state index is -0.977. The maximum absolute atomic E-state index is 14.3. The van der Waals surface area contributed by atoms with Crippen molar-refractivity contribution in [1.29, 1.82) is 0 Å². The second-order valence-electron chi connectivity index (χ2n) is 6.68. The average molecular weight is 356 g/mol. The van der Waals surface area contributed by atoms with Gasteiger partial charge in [-0.3, -0.25) is 9.69 Å². The topological polar surface area (TPSA) is 50.8 Å². The number of ether oxygens (including phenoxy) is 2. The average Bonchev–Trinajstić information content (AvgIpc) is 2.96. The maximum atomic E-state index is 14.3. The van der Waals surface area contributed by atoms with Gasteiger partial charge in [0.2, 0.25) is 0 Å². The Kier molecular flexibility index (Phi) is 6.72. The van der Waals surface area contributed by atoms with Crippen molar-refractivity contribution in [2.24, 2.45) is 11.8 Å². The molecule has 5 nitrogen and oxygen atoms in total. The number of nitrogens with zero attached hydrogens (tertiary/aromatic N) is 1. The summed E-state index contributed by atoms with van der Waals surface area (Å²) in [6.45, 7) is 6.96. The van der Waals surface area contributed by atoms with Crippen molar-refractivity contribution in [3.8, 4) is 5.75 Å². The van der Waals surface area contributed by atoms with Crippen LogP contribution in [0.25, 0.3) is 0 Å². The molecule has 140 valence electrons. The first-order valence-corrected chi connectivity index (χ1v) is 8.43. The van der Waals surface area contributed by atoms with Crippen LogP contribution in [0, 0.1) is 23.5 Å². The predicted molar refractivity (Wildman–Crippen MR) is 90.8 cm³/mol. The number of carbonyl (C=O) groups is 1. The highest BCUT2D eigenvalue weighted by Crippen LogP contribution is 2.26. The maximum Gasteiger partial charge on any atom is 0.257 e. The van der Waals surface area contributed by atoms with E-state index in [-0.39, 0.29) is 17.7 Å². The van der Waals surface area contributed by atoms with Crippen molar-refractivity contribution in [2.45, 2.75) is 19.9 Å². The van der Waals surface area contributed by atoms with Crippen LogP contribution in [-0.4, -0.2) is 57.3 Å². The summed E-state index contributed by atoms with van der Waals surface area (Å²) in [4.78, 5) is 14.7. The van der Waals surface area contributed by atoms with Gasteiger partial charge in [0.05, 0.1) is 13.7 Å². The summed E-state index contributed by atoms with van der Waals surface area (Å²) in [7, 11) is 2.92. The van der Waals surface area contributed by atoms with E-state index in [2.05, 4.69) is 24.1 Å². The smallest absolute Gasteiger partial charge is 0.257 e. The summed E-state index contributed by atoms with van der Waals surface area (Å²) in [5.41, 5.74) is -0.600. The van der Waals surface area contributed by atoms with Gasteiger partial charge in [-0.25, -0.2) is 8.78 Å². The van der Waals surface area contributed by atoms with E-state index in [0.717, 1.165) is 19.2 Å². The molecule has 1 N–H and O–H groups in total. The Morgan fingerprint density at radius 2 is 2.04 bits per heavy atom. The lowest BCUT2D eigenvalue weighted by Gasteiger charge is -2.23. The number of rotatable bonds is 7. The highest BCUT2D eigenvalue weighted by atomic mass is 19.1. The second-order valence-corrected chi connectivity index (χ2v) is 6.68. The zero-order valence-electron chi connectivity index (χ0n) is 15.1. The highest BCUT2D eigenvalue weighted by Gasteiger charge is 2.36. The number of carbonyl (C=O) groups excluding carboxylic acids is 1. The lowest BCUT2D eigenvalue weighted by molar-refractivity contribution is 0.0915. The molecule has 2 atom stereocenters. The molecule has 0 saturated carbocycles. The molecule has 1 heterocycles. The van der Waals surface area contributed by atoms with E-state index in [1.54, 1.807) is 7.11 Å². The molecule has 1 saturated heterocycles. The zero-order chi connectivity index (χ0) is 18.6. The van der Waals surface area contributed by atoms with Crippen molar-refractivity contribution in [3.63, 3.8) is 0 Å². The van der Waals surface area contributed by atoms with Crippen molar-refractivity contribution >= 4 is 5.91 Å². The summed E-state index contributed by atoms with van der Waals surface area (Å²) < 4.78 is 38.2. The fourth-order valence-corrected chi connectivity index (χ4v) is 3.28. The molecule has 1 fully saturated rings. The number of hydrogen-bond donors (Lipinski definition) is 1. The van der Waals surface area contributed by atoms with Gasteiger partial charge >= 0.3 is 0 Å². The van der Waals surface area contributed by atoms with Gasteiger partial charge in [-0.1, -0.05) is 13.8 Å². The summed E-state index contributed by atoms with van der Waals surface area (Å²) in [6, 6.07) is 2.03. The van der Waals surface area contributed by atoms with E-state index < -0.39 is 23.1 Å². The highest BCUT2D eigenvalue weighted by molar-refractivity contribution is 5.95. The van der Waals surface area contributed by atoms with Crippen LogP contribution >= 0.6 is 0 Å². The van der Waals surface area contributed by atoms with Gasteiger partial charge < -0.3 is 14.8 Å². The van der Waals surface area contributed by atoms with Crippen molar-refractivity contribution < 1.29 is 23.0 Å². The van der Waals surface area contributed by atoms with E-state index in [4.69, 9.17) is 9.47 Å². The Morgan fingerprint density at radius 1 is 1.32 bits per heavy atom. The molecule has 25 heavy (non-hydrogen) atoms. The summed E-state index contributed by atoms with van der Waals surface area (Å²) in [6.07, 6.45) is 0. The van der Waals surface area contributed by atoms with Crippen LogP contribution in [0.15, 0.2) is 12.1 Å². The van der Waals surface area contributed by atoms with Crippen LogP contribution in [0.2, 0.25) is 0 Å². The molecule has 0 spiro atoms. The molecule has 0 bridgehead atoms. The molecule has 1 aromatic carbocycles. The second kappa shape index (κ2) is 8.58. The normalized spacial score (nSPS) is 20.9. The Bertz CT molecular complexity index is 610. The van der Waals surface area contributed by atoms with Gasteiger partial charge in [0, 0.05) is 32.8 Å². The first-order chi connectivity index (χ1) is 11.9. The molecule has 1 aromatic rings. The van der Waals surface area contributed by atoms with Crippen molar-refractivity contribution in [2.75, 3.05) is 40.5 Å². The Hall–Kier alpha value is -1.73. The van der Waals surface area contributed by atoms with Gasteiger partial charge in [0.15, 0.2) is 11.6 Å². The molecule has 1 aliphatic rings. The van der Waals surface area contributed by atoms with Gasteiger partial charge in [0.1, 0.15) is 11.4 Å². The van der Waals surface area contributed by atoms with E-state index in [0.29, 0.717) is 19.1 Å². The van der Waals surface area contributed by atoms with Crippen LogP contribution in [0.1, 0.15) is 24.2 Å². The number of nitrogens with one attached hydrogen (secondary N) is 1. The minimum absolute atomic E-state index is 0.153. The van der Waals surface area contributed by atoms with Crippen molar-refractivity contribution in [1.82, 2.24) is 10.2 Å². The fraction of sp³-hybridized carbons (Fsp3) is 0.611. The molecule has 0 radical (unpaired) electrons. The third kappa shape index (κ3) is 4.46. The van der Waals surface area contributed by atoms with Crippen LogP contribution in [0.3, 0.4) is 0 Å². The standard InChI is InChI=1S/C18H26F2N2O3/c1-11(2)12-9-22(7-8-24-3)10-14(12)21-18(23)16-13(19)5-6-15(25-4)17(16)20/h5-6,11-12,14H,7-10H2,1-4H3,(H,21,23)/t12-,14+/m1/s1. The van der Waals surface area contributed by atoms with Crippen LogP contribution < -0.4 is 10.1 Å². The molecule has 2 rings (SSSR count). The molecule has 0 aromatic heterocycles. The van der Waals surface area contributed by atoms with Gasteiger partial charge in [-0.05, 0) is 24.0 Å². The molecular weight excluding hydrogens is 330 g/mol. The largest absolute Gasteiger partial charge is 0.494 e. The van der Waals surface area contributed by atoms with Crippen molar-refractivity contribution in [3.05, 3.63) is 29.3 Å². The third-order valence-corrected chi connectivity index (χ3v) is 4.73. The van der Waals surface area contributed by atoms with Gasteiger partial charge in [-0.15, -0.1) is 0 Å². The number of hydrogen-bond acceptors (Lipinski definition) is 4. The monoisotopic (exact) mass is 356 g/mol. The van der Waals surface area contributed by atoms with E-state index in [1.807, 2.05) is 0 Å².